The zero-order chi connectivity index (χ0) is 13.8. The molecule has 2 rings (SSSR count). The van der Waals surface area contributed by atoms with Crippen molar-refractivity contribution in [2.45, 2.75) is 13.8 Å². The highest BCUT2D eigenvalue weighted by Gasteiger charge is 2.12. The largest absolute Gasteiger partial charge is 0.464 e. The number of ether oxygens (including phenoxy) is 1. The van der Waals surface area contributed by atoms with Crippen molar-refractivity contribution in [1.82, 2.24) is 15.0 Å². The van der Waals surface area contributed by atoms with E-state index >= 15 is 0 Å². The number of rotatable bonds is 4. The van der Waals surface area contributed by atoms with E-state index in [1.807, 2.05) is 50.1 Å². The van der Waals surface area contributed by atoms with Crippen molar-refractivity contribution in [3.05, 3.63) is 29.8 Å². The molecule has 1 aromatic heterocycles. The smallest absolute Gasteiger partial charge is 0.323 e. The van der Waals surface area contributed by atoms with Crippen molar-refractivity contribution in [3.8, 4) is 6.01 Å². The Bertz CT molecular complexity index is 573. The number of aromatic nitrogens is 3. The molecule has 100 valence electrons. The number of nitrogens with zero attached hydrogens (tertiary/aromatic N) is 4. The maximum atomic E-state index is 5.67. The summed E-state index contributed by atoms with van der Waals surface area (Å²) < 4.78 is 5.27. The maximum Gasteiger partial charge on any atom is 0.323 e. The number of anilines is 3. The van der Waals surface area contributed by atoms with E-state index in [1.54, 1.807) is 0 Å². The van der Waals surface area contributed by atoms with Gasteiger partial charge in [-0.05, 0) is 25.5 Å². The van der Waals surface area contributed by atoms with Crippen LogP contribution in [-0.2, 0) is 0 Å². The molecule has 2 aromatic rings. The van der Waals surface area contributed by atoms with Gasteiger partial charge in [-0.25, -0.2) is 0 Å². The van der Waals surface area contributed by atoms with Crippen LogP contribution in [0.25, 0.3) is 0 Å². The van der Waals surface area contributed by atoms with E-state index in [2.05, 4.69) is 15.0 Å². The Balaban J connectivity index is 2.38. The Hall–Kier alpha value is -2.37. The standard InChI is InChI=1S/C13H17N5O/c1-4-19-13-16-11(14)15-12(17-13)18(3)10-8-6-5-7-9(10)2/h5-8H,4H2,1-3H3,(H2,14,15,16,17). The predicted molar refractivity (Wildman–Crippen MR) is 74.7 cm³/mol. The molecule has 0 aliphatic rings. The third kappa shape index (κ3) is 2.90. The summed E-state index contributed by atoms with van der Waals surface area (Å²) in [7, 11) is 1.88. The van der Waals surface area contributed by atoms with Crippen LogP contribution in [0.1, 0.15) is 12.5 Å². The summed E-state index contributed by atoms with van der Waals surface area (Å²) in [6.45, 7) is 4.38. The van der Waals surface area contributed by atoms with Gasteiger partial charge < -0.3 is 15.4 Å². The van der Waals surface area contributed by atoms with Gasteiger partial charge in [-0.2, -0.15) is 15.0 Å². The molecule has 0 aliphatic heterocycles. The Labute approximate surface area is 112 Å². The summed E-state index contributed by atoms with van der Waals surface area (Å²) in [5.74, 6) is 0.610. The molecule has 0 amide bonds. The van der Waals surface area contributed by atoms with Crippen molar-refractivity contribution in [2.24, 2.45) is 0 Å². The Morgan fingerprint density at radius 1 is 1.21 bits per heavy atom. The molecule has 1 aromatic carbocycles. The molecule has 0 spiro atoms. The van der Waals surface area contributed by atoms with E-state index in [1.165, 1.54) is 0 Å². The highest BCUT2D eigenvalue weighted by molar-refractivity contribution is 5.61. The average molecular weight is 259 g/mol. The lowest BCUT2D eigenvalue weighted by Gasteiger charge is -2.19. The number of benzene rings is 1. The minimum Gasteiger partial charge on any atom is -0.464 e. The molecule has 0 unspecified atom stereocenters. The highest BCUT2D eigenvalue weighted by Crippen LogP contribution is 2.24. The van der Waals surface area contributed by atoms with Gasteiger partial charge in [0.05, 0.1) is 6.61 Å². The molecule has 0 radical (unpaired) electrons. The predicted octanol–water partition coefficient (Wildman–Crippen LogP) is 1.93. The molecule has 6 nitrogen and oxygen atoms in total. The lowest BCUT2D eigenvalue weighted by Crippen LogP contribution is -2.16. The van der Waals surface area contributed by atoms with Crippen LogP contribution in [0.3, 0.4) is 0 Å². The Morgan fingerprint density at radius 3 is 2.63 bits per heavy atom. The first kappa shape index (κ1) is 13.1. The van der Waals surface area contributed by atoms with Crippen LogP contribution in [-0.4, -0.2) is 28.6 Å². The van der Waals surface area contributed by atoms with Crippen LogP contribution in [0.2, 0.25) is 0 Å². The van der Waals surface area contributed by atoms with Crippen LogP contribution in [0.15, 0.2) is 24.3 Å². The molecule has 1 heterocycles. The van der Waals surface area contributed by atoms with Crippen LogP contribution in [0.4, 0.5) is 17.6 Å². The number of para-hydroxylation sites is 1. The van der Waals surface area contributed by atoms with Gasteiger partial charge in [0.15, 0.2) is 0 Å². The SMILES string of the molecule is CCOc1nc(N)nc(N(C)c2ccccc2C)n1. The van der Waals surface area contributed by atoms with Gasteiger partial charge in [-0.1, -0.05) is 18.2 Å². The maximum absolute atomic E-state index is 5.67. The summed E-state index contributed by atoms with van der Waals surface area (Å²) >= 11 is 0. The Morgan fingerprint density at radius 2 is 1.95 bits per heavy atom. The van der Waals surface area contributed by atoms with Crippen LogP contribution in [0, 0.1) is 6.92 Å². The quantitative estimate of drug-likeness (QED) is 0.904. The topological polar surface area (TPSA) is 77.2 Å². The lowest BCUT2D eigenvalue weighted by molar-refractivity contribution is 0.312. The minimum absolute atomic E-state index is 0.147. The van der Waals surface area contributed by atoms with Crippen molar-refractivity contribution in [1.29, 1.82) is 0 Å². The van der Waals surface area contributed by atoms with Crippen molar-refractivity contribution < 1.29 is 4.74 Å². The number of aryl methyl sites for hydroxylation is 1. The molecule has 19 heavy (non-hydrogen) atoms. The second-order valence-corrected chi connectivity index (χ2v) is 4.05. The number of hydrogen-bond acceptors (Lipinski definition) is 6. The fourth-order valence-electron chi connectivity index (χ4n) is 1.75. The Kier molecular flexibility index (Phi) is 3.79. The molecule has 0 bridgehead atoms. The van der Waals surface area contributed by atoms with Gasteiger partial charge in [0.2, 0.25) is 11.9 Å². The summed E-state index contributed by atoms with van der Waals surface area (Å²) in [6, 6.07) is 8.22. The molecule has 0 fully saturated rings. The molecule has 0 saturated heterocycles. The normalized spacial score (nSPS) is 10.3. The first-order valence-corrected chi connectivity index (χ1v) is 6.05. The number of nitrogen functional groups attached to an aromatic ring is 1. The zero-order valence-electron chi connectivity index (χ0n) is 11.3. The van der Waals surface area contributed by atoms with Gasteiger partial charge >= 0.3 is 6.01 Å². The summed E-state index contributed by atoms with van der Waals surface area (Å²) in [6.07, 6.45) is 0. The average Bonchev–Trinajstić information content (AvgIpc) is 2.38. The molecule has 6 heteroatoms. The fraction of sp³-hybridized carbons (Fsp3) is 0.308. The summed E-state index contributed by atoms with van der Waals surface area (Å²) in [4.78, 5) is 14.2. The molecule has 2 N–H and O–H groups in total. The van der Waals surface area contributed by atoms with Crippen LogP contribution in [0.5, 0.6) is 6.01 Å². The van der Waals surface area contributed by atoms with Crippen molar-refractivity contribution >= 4 is 17.6 Å². The second kappa shape index (κ2) is 5.51. The van der Waals surface area contributed by atoms with E-state index < -0.39 is 0 Å². The monoisotopic (exact) mass is 259 g/mol. The van der Waals surface area contributed by atoms with E-state index in [9.17, 15) is 0 Å². The zero-order valence-corrected chi connectivity index (χ0v) is 11.3. The molecular formula is C13H17N5O. The molecule has 0 saturated carbocycles. The molecular weight excluding hydrogens is 242 g/mol. The van der Waals surface area contributed by atoms with E-state index in [0.29, 0.717) is 12.6 Å². The first-order valence-electron chi connectivity index (χ1n) is 6.05. The van der Waals surface area contributed by atoms with Gasteiger partial charge in [0.1, 0.15) is 0 Å². The summed E-state index contributed by atoms with van der Waals surface area (Å²) in [5, 5.41) is 0. The van der Waals surface area contributed by atoms with E-state index in [0.717, 1.165) is 11.3 Å². The third-order valence-corrected chi connectivity index (χ3v) is 2.67. The number of hydrogen-bond donors (Lipinski definition) is 1. The fourth-order valence-corrected chi connectivity index (χ4v) is 1.75. The minimum atomic E-state index is 0.147. The van der Waals surface area contributed by atoms with Crippen LogP contribution >= 0.6 is 0 Å². The first-order chi connectivity index (χ1) is 9.11. The van der Waals surface area contributed by atoms with Gasteiger partial charge in [-0.3, -0.25) is 0 Å². The molecule has 0 aliphatic carbocycles. The van der Waals surface area contributed by atoms with E-state index in [-0.39, 0.29) is 12.0 Å². The van der Waals surface area contributed by atoms with Crippen molar-refractivity contribution in [2.75, 3.05) is 24.3 Å². The van der Waals surface area contributed by atoms with Gasteiger partial charge in [0, 0.05) is 12.7 Å². The summed E-state index contributed by atoms with van der Waals surface area (Å²) in [5.41, 5.74) is 7.81. The van der Waals surface area contributed by atoms with Crippen LogP contribution < -0.4 is 15.4 Å². The number of nitrogens with two attached hydrogens (primary N) is 1. The van der Waals surface area contributed by atoms with E-state index in [4.69, 9.17) is 10.5 Å². The lowest BCUT2D eigenvalue weighted by atomic mass is 10.2. The van der Waals surface area contributed by atoms with Gasteiger partial charge in [-0.15, -0.1) is 0 Å². The third-order valence-electron chi connectivity index (χ3n) is 2.67. The molecule has 0 atom stereocenters. The highest BCUT2D eigenvalue weighted by atomic mass is 16.5. The second-order valence-electron chi connectivity index (χ2n) is 4.05. The van der Waals surface area contributed by atoms with Crippen molar-refractivity contribution in [3.63, 3.8) is 0 Å². The van der Waals surface area contributed by atoms with Gasteiger partial charge in [0.25, 0.3) is 0 Å².